The third kappa shape index (κ3) is 4.04. The van der Waals surface area contributed by atoms with Gasteiger partial charge < -0.3 is 0 Å². The second kappa shape index (κ2) is 7.08. The molecule has 0 aromatic rings. The maximum absolute atomic E-state index is 10.5. The second-order valence-electron chi connectivity index (χ2n) is 3.30. The smallest absolute Gasteiger partial charge is 0.146 e. The van der Waals surface area contributed by atoms with Crippen LogP contribution < -0.4 is 0 Å². The van der Waals surface area contributed by atoms with E-state index in [0.717, 1.165) is 31.1 Å². The number of hydrogen-bond donors (Lipinski definition) is 0. The van der Waals surface area contributed by atoms with Crippen molar-refractivity contribution in [2.75, 3.05) is 0 Å². The molecule has 0 aliphatic heterocycles. The molecule has 0 atom stereocenters. The summed E-state index contributed by atoms with van der Waals surface area (Å²) in [4.78, 5) is 10.5. The van der Waals surface area contributed by atoms with Crippen LogP contribution in [0.25, 0.3) is 0 Å². The normalized spacial score (nSPS) is 13.1. The molecular formula is C12H17NO. The molecule has 0 fully saturated rings. The number of allylic oxidation sites excluding steroid dienone is 4. The summed E-state index contributed by atoms with van der Waals surface area (Å²) in [5.74, 6) is 0. The van der Waals surface area contributed by atoms with Crippen molar-refractivity contribution in [1.29, 1.82) is 5.26 Å². The largest absolute Gasteiger partial charge is 0.298 e. The molecule has 0 saturated heterocycles. The molecular weight excluding hydrogens is 174 g/mol. The fraction of sp³-hybridized carbons (Fsp3) is 0.500. The van der Waals surface area contributed by atoms with Crippen LogP contribution in [0.5, 0.6) is 0 Å². The van der Waals surface area contributed by atoms with E-state index in [9.17, 15) is 4.79 Å². The van der Waals surface area contributed by atoms with Crippen LogP contribution in [0, 0.1) is 11.3 Å². The van der Waals surface area contributed by atoms with Crippen molar-refractivity contribution >= 4 is 6.29 Å². The summed E-state index contributed by atoms with van der Waals surface area (Å²) in [5.41, 5.74) is 2.05. The van der Waals surface area contributed by atoms with Crippen LogP contribution in [0.3, 0.4) is 0 Å². The van der Waals surface area contributed by atoms with E-state index in [0.29, 0.717) is 11.1 Å². The summed E-state index contributed by atoms with van der Waals surface area (Å²) in [6.45, 7) is 5.65. The van der Waals surface area contributed by atoms with Gasteiger partial charge in [-0.05, 0) is 31.4 Å². The molecule has 0 aromatic heterocycles. The molecule has 0 aliphatic carbocycles. The Bertz CT molecular complexity index is 292. The van der Waals surface area contributed by atoms with Crippen LogP contribution in [0.4, 0.5) is 0 Å². The van der Waals surface area contributed by atoms with Crippen LogP contribution >= 0.6 is 0 Å². The number of unbranched alkanes of at least 4 members (excludes halogenated alkanes) is 2. The minimum absolute atomic E-state index is 0.628. The van der Waals surface area contributed by atoms with Gasteiger partial charge in [-0.1, -0.05) is 25.8 Å². The lowest BCUT2D eigenvalue weighted by Crippen LogP contribution is -1.89. The monoisotopic (exact) mass is 191 g/mol. The Morgan fingerprint density at radius 3 is 2.50 bits per heavy atom. The van der Waals surface area contributed by atoms with Crippen molar-refractivity contribution in [3.63, 3.8) is 0 Å². The number of carbonyl (C=O) groups excluding carboxylic acids is 1. The van der Waals surface area contributed by atoms with Gasteiger partial charge in [0.05, 0.1) is 11.6 Å². The van der Waals surface area contributed by atoms with Gasteiger partial charge in [0.2, 0.25) is 0 Å². The molecule has 2 heteroatoms. The molecule has 76 valence electrons. The molecule has 0 bridgehead atoms. The summed E-state index contributed by atoms with van der Waals surface area (Å²) >= 11 is 0. The molecule has 0 rings (SSSR count). The standard InChI is InChI=1S/C12H17NO/c1-4-5-6-7-12(8-13)11(3)10(2)9-14/h7,9H,4-6H2,1-3H3/b11-10+,12-7-. The van der Waals surface area contributed by atoms with Crippen LogP contribution in [-0.2, 0) is 4.79 Å². The zero-order valence-corrected chi connectivity index (χ0v) is 9.13. The summed E-state index contributed by atoms with van der Waals surface area (Å²) in [7, 11) is 0. The van der Waals surface area contributed by atoms with E-state index in [1.165, 1.54) is 0 Å². The molecule has 0 aliphatic rings. The lowest BCUT2D eigenvalue weighted by molar-refractivity contribution is -0.104. The highest BCUT2D eigenvalue weighted by atomic mass is 16.1. The Labute approximate surface area is 85.9 Å². The first-order valence-corrected chi connectivity index (χ1v) is 4.90. The molecule has 0 aromatic carbocycles. The lowest BCUT2D eigenvalue weighted by atomic mass is 10.0. The average molecular weight is 191 g/mol. The highest BCUT2D eigenvalue weighted by Gasteiger charge is 2.01. The van der Waals surface area contributed by atoms with Gasteiger partial charge in [0.15, 0.2) is 0 Å². The van der Waals surface area contributed by atoms with Crippen molar-refractivity contribution in [3.05, 3.63) is 22.8 Å². The maximum Gasteiger partial charge on any atom is 0.146 e. The first-order valence-electron chi connectivity index (χ1n) is 4.90. The van der Waals surface area contributed by atoms with Crippen LogP contribution in [0.1, 0.15) is 40.0 Å². The highest BCUT2D eigenvalue weighted by Crippen LogP contribution is 2.13. The third-order valence-electron chi connectivity index (χ3n) is 2.20. The average Bonchev–Trinajstić information content (AvgIpc) is 2.22. The zero-order valence-electron chi connectivity index (χ0n) is 9.13. The predicted octanol–water partition coefficient (Wildman–Crippen LogP) is 3.16. The molecule has 0 amide bonds. The summed E-state index contributed by atoms with van der Waals surface area (Å²) in [5, 5.41) is 8.87. The Morgan fingerprint density at radius 1 is 1.43 bits per heavy atom. The van der Waals surface area contributed by atoms with Crippen molar-refractivity contribution in [2.45, 2.75) is 40.0 Å². The molecule has 0 unspecified atom stereocenters. The topological polar surface area (TPSA) is 40.9 Å². The summed E-state index contributed by atoms with van der Waals surface area (Å²) in [6, 6.07) is 2.12. The van der Waals surface area contributed by atoms with Gasteiger partial charge >= 0.3 is 0 Å². The number of aldehydes is 1. The van der Waals surface area contributed by atoms with Gasteiger partial charge in [0, 0.05) is 0 Å². The van der Waals surface area contributed by atoms with Gasteiger partial charge in [-0.2, -0.15) is 5.26 Å². The van der Waals surface area contributed by atoms with Gasteiger partial charge in [0.1, 0.15) is 6.29 Å². The SMILES string of the molecule is CCCC/C=C(C#N)\C(C)=C(/C)C=O. The van der Waals surface area contributed by atoms with E-state index in [-0.39, 0.29) is 0 Å². The third-order valence-corrected chi connectivity index (χ3v) is 2.20. The highest BCUT2D eigenvalue weighted by molar-refractivity contribution is 5.75. The first kappa shape index (κ1) is 12.6. The summed E-state index contributed by atoms with van der Waals surface area (Å²) < 4.78 is 0. The van der Waals surface area contributed by atoms with E-state index >= 15 is 0 Å². The molecule has 0 saturated carbocycles. The van der Waals surface area contributed by atoms with Gasteiger partial charge in [-0.3, -0.25) is 4.79 Å². The maximum atomic E-state index is 10.5. The van der Waals surface area contributed by atoms with Gasteiger partial charge in [-0.15, -0.1) is 0 Å². The van der Waals surface area contributed by atoms with Crippen LogP contribution in [0.15, 0.2) is 22.8 Å². The molecule has 0 N–H and O–H groups in total. The van der Waals surface area contributed by atoms with Crippen LogP contribution in [0.2, 0.25) is 0 Å². The van der Waals surface area contributed by atoms with E-state index in [1.807, 2.05) is 13.0 Å². The zero-order chi connectivity index (χ0) is 11.0. The molecule has 2 nitrogen and oxygen atoms in total. The van der Waals surface area contributed by atoms with E-state index in [4.69, 9.17) is 5.26 Å². The van der Waals surface area contributed by atoms with Gasteiger partial charge in [-0.25, -0.2) is 0 Å². The Kier molecular flexibility index (Phi) is 6.39. The molecule has 0 heterocycles. The second-order valence-corrected chi connectivity index (χ2v) is 3.30. The minimum Gasteiger partial charge on any atom is -0.298 e. The Balaban J connectivity index is 4.66. The van der Waals surface area contributed by atoms with Crippen molar-refractivity contribution in [1.82, 2.24) is 0 Å². The fourth-order valence-electron chi connectivity index (χ4n) is 1.03. The van der Waals surface area contributed by atoms with Crippen molar-refractivity contribution in [2.24, 2.45) is 0 Å². The first-order chi connectivity index (χ1) is 6.67. The quantitative estimate of drug-likeness (QED) is 0.220. The lowest BCUT2D eigenvalue weighted by Gasteiger charge is -2.00. The van der Waals surface area contributed by atoms with Crippen LogP contribution in [-0.4, -0.2) is 6.29 Å². The predicted molar refractivity (Wildman–Crippen MR) is 57.7 cm³/mol. The van der Waals surface area contributed by atoms with Gasteiger partial charge in [0.25, 0.3) is 0 Å². The van der Waals surface area contributed by atoms with E-state index in [2.05, 4.69) is 13.0 Å². The molecule has 0 spiro atoms. The fourth-order valence-corrected chi connectivity index (χ4v) is 1.03. The minimum atomic E-state index is 0.628. The van der Waals surface area contributed by atoms with Crippen molar-refractivity contribution in [3.8, 4) is 6.07 Å². The van der Waals surface area contributed by atoms with E-state index in [1.54, 1.807) is 6.92 Å². The Morgan fingerprint density at radius 2 is 2.07 bits per heavy atom. The van der Waals surface area contributed by atoms with Crippen molar-refractivity contribution < 1.29 is 4.79 Å². The van der Waals surface area contributed by atoms with E-state index < -0.39 is 0 Å². The number of carbonyl (C=O) groups is 1. The number of rotatable bonds is 5. The Hall–Kier alpha value is -1.36. The number of nitriles is 1. The molecule has 0 radical (unpaired) electrons. The molecule has 14 heavy (non-hydrogen) atoms. The summed E-state index contributed by atoms with van der Waals surface area (Å²) in [6.07, 6.45) is 5.80. The number of hydrogen-bond acceptors (Lipinski definition) is 2. The number of nitrogens with zero attached hydrogens (tertiary/aromatic N) is 1.